The minimum Gasteiger partial charge on any atom is -0.381 e. The molecule has 2 atom stereocenters. The number of primary amides is 1. The molecule has 2 unspecified atom stereocenters. The summed E-state index contributed by atoms with van der Waals surface area (Å²) in [6, 6.07) is 10.1. The van der Waals surface area contributed by atoms with Crippen LogP contribution in [0.1, 0.15) is 31.7 Å². The largest absolute Gasteiger partial charge is 0.381 e. The smallest absolute Gasteiger partial charge is 0.221 e. The van der Waals surface area contributed by atoms with Crippen LogP contribution in [0.2, 0.25) is 0 Å². The standard InChI is InChI=1S/C16H23N3O/c1-11-8-14(10-19(11)15-6-7-15)18-13-4-2-12(3-5-13)9-16(17)20/h2-5,11,14-15,18H,6-10H2,1H3,(H2,17,20). The van der Waals surface area contributed by atoms with Gasteiger partial charge in [-0.05, 0) is 43.9 Å². The van der Waals surface area contributed by atoms with Gasteiger partial charge in [-0.1, -0.05) is 12.1 Å². The number of nitrogens with two attached hydrogens (primary N) is 1. The van der Waals surface area contributed by atoms with Crippen LogP contribution in [0.25, 0.3) is 0 Å². The summed E-state index contributed by atoms with van der Waals surface area (Å²) in [5.74, 6) is -0.282. The zero-order valence-electron chi connectivity index (χ0n) is 12.0. The average Bonchev–Trinajstić information content (AvgIpc) is 3.16. The molecular weight excluding hydrogens is 250 g/mol. The predicted molar refractivity (Wildman–Crippen MR) is 80.6 cm³/mol. The van der Waals surface area contributed by atoms with Crippen LogP contribution >= 0.6 is 0 Å². The van der Waals surface area contributed by atoms with E-state index in [2.05, 4.69) is 17.1 Å². The molecule has 1 aromatic carbocycles. The van der Waals surface area contributed by atoms with Gasteiger partial charge in [0.05, 0.1) is 6.42 Å². The van der Waals surface area contributed by atoms with Crippen molar-refractivity contribution in [2.24, 2.45) is 5.73 Å². The molecule has 20 heavy (non-hydrogen) atoms. The Hall–Kier alpha value is -1.55. The van der Waals surface area contributed by atoms with Crippen LogP contribution in [0.15, 0.2) is 24.3 Å². The lowest BCUT2D eigenvalue weighted by atomic mass is 10.1. The number of rotatable bonds is 5. The van der Waals surface area contributed by atoms with Gasteiger partial charge in [-0.25, -0.2) is 0 Å². The number of carbonyl (C=O) groups excluding carboxylic acids is 1. The van der Waals surface area contributed by atoms with E-state index in [-0.39, 0.29) is 5.91 Å². The average molecular weight is 273 g/mol. The molecule has 1 aliphatic heterocycles. The molecule has 4 heteroatoms. The molecule has 2 fully saturated rings. The third-order valence-electron chi connectivity index (χ3n) is 4.34. The van der Waals surface area contributed by atoms with Crippen molar-refractivity contribution in [3.8, 4) is 0 Å². The maximum absolute atomic E-state index is 10.9. The Labute approximate surface area is 120 Å². The number of likely N-dealkylation sites (tertiary alicyclic amines) is 1. The lowest BCUT2D eigenvalue weighted by Crippen LogP contribution is -2.31. The normalized spacial score (nSPS) is 26.6. The molecule has 1 saturated carbocycles. The van der Waals surface area contributed by atoms with Crippen LogP contribution in [-0.2, 0) is 11.2 Å². The first-order chi connectivity index (χ1) is 9.61. The maximum Gasteiger partial charge on any atom is 0.221 e. The Morgan fingerprint density at radius 1 is 1.35 bits per heavy atom. The van der Waals surface area contributed by atoms with E-state index >= 15 is 0 Å². The summed E-state index contributed by atoms with van der Waals surface area (Å²) in [5.41, 5.74) is 7.31. The van der Waals surface area contributed by atoms with Gasteiger partial charge < -0.3 is 11.1 Å². The maximum atomic E-state index is 10.9. The van der Waals surface area contributed by atoms with Gasteiger partial charge in [-0.3, -0.25) is 9.69 Å². The second-order valence-electron chi connectivity index (χ2n) is 6.19. The van der Waals surface area contributed by atoms with Crippen LogP contribution in [0.4, 0.5) is 5.69 Å². The van der Waals surface area contributed by atoms with Crippen molar-refractivity contribution in [3.05, 3.63) is 29.8 Å². The van der Waals surface area contributed by atoms with Gasteiger partial charge in [0.2, 0.25) is 5.91 Å². The molecule has 108 valence electrons. The van der Waals surface area contributed by atoms with Crippen LogP contribution in [-0.4, -0.2) is 35.5 Å². The summed E-state index contributed by atoms with van der Waals surface area (Å²) in [7, 11) is 0. The van der Waals surface area contributed by atoms with Crippen molar-refractivity contribution >= 4 is 11.6 Å². The van der Waals surface area contributed by atoms with Crippen molar-refractivity contribution < 1.29 is 4.79 Å². The Balaban J connectivity index is 1.56. The number of hydrogen-bond acceptors (Lipinski definition) is 3. The summed E-state index contributed by atoms with van der Waals surface area (Å²) >= 11 is 0. The molecule has 1 aliphatic carbocycles. The number of benzene rings is 1. The Kier molecular flexibility index (Phi) is 3.66. The Morgan fingerprint density at radius 2 is 2.05 bits per heavy atom. The monoisotopic (exact) mass is 273 g/mol. The number of amides is 1. The number of anilines is 1. The molecule has 1 amide bonds. The first-order valence-electron chi connectivity index (χ1n) is 7.51. The van der Waals surface area contributed by atoms with E-state index in [4.69, 9.17) is 5.73 Å². The molecule has 4 nitrogen and oxygen atoms in total. The number of nitrogens with zero attached hydrogens (tertiary/aromatic N) is 1. The molecule has 1 saturated heterocycles. The molecule has 3 rings (SSSR count). The van der Waals surface area contributed by atoms with Crippen LogP contribution in [0.3, 0.4) is 0 Å². The minimum atomic E-state index is -0.282. The van der Waals surface area contributed by atoms with Crippen molar-refractivity contribution in [3.63, 3.8) is 0 Å². The second-order valence-corrected chi connectivity index (χ2v) is 6.19. The lowest BCUT2D eigenvalue weighted by molar-refractivity contribution is -0.117. The molecule has 0 bridgehead atoms. The fourth-order valence-corrected chi connectivity index (χ4v) is 3.23. The molecule has 0 aromatic heterocycles. The van der Waals surface area contributed by atoms with E-state index in [9.17, 15) is 4.79 Å². The molecule has 3 N–H and O–H groups in total. The van der Waals surface area contributed by atoms with Crippen molar-refractivity contribution in [1.82, 2.24) is 4.90 Å². The molecule has 1 aromatic rings. The third-order valence-corrected chi connectivity index (χ3v) is 4.34. The van der Waals surface area contributed by atoms with E-state index in [1.165, 1.54) is 19.3 Å². The SMILES string of the molecule is CC1CC(Nc2ccc(CC(N)=O)cc2)CN1C1CC1. The molecule has 0 radical (unpaired) electrons. The highest BCUT2D eigenvalue weighted by Gasteiger charge is 2.38. The Morgan fingerprint density at radius 3 is 2.65 bits per heavy atom. The van der Waals surface area contributed by atoms with Crippen LogP contribution in [0, 0.1) is 0 Å². The van der Waals surface area contributed by atoms with Gasteiger partial charge in [0, 0.05) is 30.4 Å². The van der Waals surface area contributed by atoms with E-state index < -0.39 is 0 Å². The summed E-state index contributed by atoms with van der Waals surface area (Å²) < 4.78 is 0. The van der Waals surface area contributed by atoms with E-state index in [0.717, 1.165) is 23.8 Å². The predicted octanol–water partition coefficient (Wildman–Crippen LogP) is 1.75. The first kappa shape index (κ1) is 13.4. The van der Waals surface area contributed by atoms with Crippen molar-refractivity contribution in [1.29, 1.82) is 0 Å². The van der Waals surface area contributed by atoms with Gasteiger partial charge in [-0.2, -0.15) is 0 Å². The third kappa shape index (κ3) is 3.12. The van der Waals surface area contributed by atoms with Gasteiger partial charge in [0.15, 0.2) is 0 Å². The zero-order chi connectivity index (χ0) is 14.1. The van der Waals surface area contributed by atoms with E-state index in [1.54, 1.807) is 0 Å². The zero-order valence-corrected chi connectivity index (χ0v) is 12.0. The highest BCUT2D eigenvalue weighted by Crippen LogP contribution is 2.34. The highest BCUT2D eigenvalue weighted by atomic mass is 16.1. The molecule has 0 spiro atoms. The fraction of sp³-hybridized carbons (Fsp3) is 0.562. The van der Waals surface area contributed by atoms with Gasteiger partial charge in [-0.15, -0.1) is 0 Å². The molecular formula is C16H23N3O. The number of carbonyl (C=O) groups is 1. The second kappa shape index (κ2) is 5.44. The first-order valence-corrected chi connectivity index (χ1v) is 7.51. The summed E-state index contributed by atoms with van der Waals surface area (Å²) in [6.45, 7) is 3.48. The lowest BCUT2D eigenvalue weighted by Gasteiger charge is -2.20. The molecule has 1 heterocycles. The van der Waals surface area contributed by atoms with E-state index in [1.807, 2.05) is 24.3 Å². The van der Waals surface area contributed by atoms with Crippen molar-refractivity contribution in [2.45, 2.75) is 50.7 Å². The summed E-state index contributed by atoms with van der Waals surface area (Å²) in [6.07, 6.45) is 4.27. The minimum absolute atomic E-state index is 0.282. The number of nitrogens with one attached hydrogen (secondary N) is 1. The summed E-state index contributed by atoms with van der Waals surface area (Å²) in [5, 5.41) is 3.61. The summed E-state index contributed by atoms with van der Waals surface area (Å²) in [4.78, 5) is 13.5. The quantitative estimate of drug-likeness (QED) is 0.859. The Bertz CT molecular complexity index is 481. The fourth-order valence-electron chi connectivity index (χ4n) is 3.23. The van der Waals surface area contributed by atoms with Crippen molar-refractivity contribution in [2.75, 3.05) is 11.9 Å². The van der Waals surface area contributed by atoms with Crippen LogP contribution < -0.4 is 11.1 Å². The van der Waals surface area contributed by atoms with Gasteiger partial charge in [0.25, 0.3) is 0 Å². The molecule has 2 aliphatic rings. The van der Waals surface area contributed by atoms with Crippen LogP contribution in [0.5, 0.6) is 0 Å². The highest BCUT2D eigenvalue weighted by molar-refractivity contribution is 5.76. The number of hydrogen-bond donors (Lipinski definition) is 2. The van der Waals surface area contributed by atoms with Gasteiger partial charge >= 0.3 is 0 Å². The van der Waals surface area contributed by atoms with Gasteiger partial charge in [0.1, 0.15) is 0 Å². The van der Waals surface area contributed by atoms with E-state index in [0.29, 0.717) is 18.5 Å². The topological polar surface area (TPSA) is 58.4 Å².